The van der Waals surface area contributed by atoms with E-state index in [0.717, 1.165) is 40.7 Å². The topological polar surface area (TPSA) is 84.9 Å². The largest absolute Gasteiger partial charge is 0.382 e. The van der Waals surface area contributed by atoms with Gasteiger partial charge in [0.05, 0.1) is 25.0 Å². The molecular weight excluding hydrogens is 520 g/mol. The highest BCUT2D eigenvalue weighted by Crippen LogP contribution is 2.34. The molecule has 1 saturated carbocycles. The molecule has 0 aliphatic heterocycles. The van der Waals surface area contributed by atoms with E-state index in [1.807, 2.05) is 30.5 Å². The first kappa shape index (κ1) is 23.7. The number of aliphatic hydroxyl groups is 1. The van der Waals surface area contributed by atoms with Gasteiger partial charge in [-0.1, -0.05) is 45.4 Å². The van der Waals surface area contributed by atoms with Gasteiger partial charge in [-0.3, -0.25) is 4.90 Å². The highest BCUT2D eigenvalue weighted by Gasteiger charge is 2.40. The lowest BCUT2D eigenvalue weighted by molar-refractivity contribution is -0.0262. The van der Waals surface area contributed by atoms with Crippen LogP contribution in [0.1, 0.15) is 29.7 Å². The number of aromatic nitrogens is 6. The van der Waals surface area contributed by atoms with Gasteiger partial charge in [-0.25, -0.2) is 23.1 Å². The second-order valence-electron chi connectivity index (χ2n) is 8.88. The van der Waals surface area contributed by atoms with Gasteiger partial charge in [0, 0.05) is 35.2 Å². The van der Waals surface area contributed by atoms with E-state index in [1.165, 1.54) is 23.4 Å². The lowest BCUT2D eigenvalue weighted by atomic mass is 9.92. The van der Waals surface area contributed by atoms with Crippen molar-refractivity contribution >= 4 is 15.9 Å². The molecule has 8 nitrogen and oxygen atoms in total. The highest BCUT2D eigenvalue weighted by molar-refractivity contribution is 9.10. The molecule has 1 aliphatic carbocycles. The minimum Gasteiger partial charge on any atom is -0.382 e. The van der Waals surface area contributed by atoms with E-state index >= 15 is 0 Å². The van der Waals surface area contributed by atoms with Crippen LogP contribution in [0.5, 0.6) is 0 Å². The molecule has 1 N–H and O–H groups in total. The summed E-state index contributed by atoms with van der Waals surface area (Å²) in [4.78, 5) is 6.00. The molecule has 1 fully saturated rings. The molecule has 182 valence electrons. The summed E-state index contributed by atoms with van der Waals surface area (Å²) < 4.78 is 32.6. The van der Waals surface area contributed by atoms with E-state index in [-0.39, 0.29) is 24.7 Å². The second-order valence-corrected chi connectivity index (χ2v) is 9.74. The van der Waals surface area contributed by atoms with E-state index in [2.05, 4.69) is 41.2 Å². The Morgan fingerprint density at radius 2 is 1.97 bits per heavy atom. The van der Waals surface area contributed by atoms with Crippen LogP contribution >= 0.6 is 15.9 Å². The Balaban J connectivity index is 1.38. The van der Waals surface area contributed by atoms with E-state index in [4.69, 9.17) is 0 Å². The Morgan fingerprint density at radius 1 is 1.14 bits per heavy atom. The first-order valence-electron chi connectivity index (χ1n) is 11.3. The minimum atomic E-state index is -1.67. The third-order valence-electron chi connectivity index (χ3n) is 6.09. The third-order valence-corrected chi connectivity index (χ3v) is 6.87. The van der Waals surface area contributed by atoms with Gasteiger partial charge in [-0.15, -0.1) is 5.10 Å². The molecule has 2 heterocycles. The van der Waals surface area contributed by atoms with Crippen molar-refractivity contribution in [3.63, 3.8) is 0 Å². The Morgan fingerprint density at radius 3 is 2.69 bits per heavy atom. The van der Waals surface area contributed by atoms with Crippen LogP contribution in [-0.4, -0.2) is 52.4 Å². The smallest absolute Gasteiger partial charge is 0.137 e. The van der Waals surface area contributed by atoms with E-state index < -0.39 is 17.2 Å². The monoisotopic (exact) mass is 543 g/mol. The van der Waals surface area contributed by atoms with Crippen LogP contribution in [-0.2, 0) is 25.2 Å². The Labute approximate surface area is 209 Å². The van der Waals surface area contributed by atoms with Gasteiger partial charge >= 0.3 is 0 Å². The summed E-state index contributed by atoms with van der Waals surface area (Å²) in [5, 5.41) is 24.4. The van der Waals surface area contributed by atoms with Gasteiger partial charge in [-0.2, -0.15) is 5.10 Å². The lowest BCUT2D eigenvalue weighted by Gasteiger charge is -2.34. The molecule has 1 aliphatic rings. The van der Waals surface area contributed by atoms with Crippen molar-refractivity contribution < 1.29 is 13.9 Å². The van der Waals surface area contributed by atoms with E-state index in [1.54, 1.807) is 4.68 Å². The molecule has 35 heavy (non-hydrogen) atoms. The molecule has 4 aromatic rings. The zero-order valence-electron chi connectivity index (χ0n) is 18.8. The lowest BCUT2D eigenvalue weighted by Crippen LogP contribution is -2.45. The maximum atomic E-state index is 14.8. The third kappa shape index (κ3) is 5.63. The zero-order chi connectivity index (χ0) is 24.4. The summed E-state index contributed by atoms with van der Waals surface area (Å²) in [7, 11) is 0. The van der Waals surface area contributed by atoms with Crippen molar-refractivity contribution in [2.24, 2.45) is 0 Å². The molecular formula is C24H24BrF2N7O. The van der Waals surface area contributed by atoms with Gasteiger partial charge < -0.3 is 5.11 Å². The van der Waals surface area contributed by atoms with Crippen LogP contribution in [0.4, 0.5) is 8.78 Å². The van der Waals surface area contributed by atoms with Crippen LogP contribution < -0.4 is 0 Å². The Kier molecular flexibility index (Phi) is 6.72. The van der Waals surface area contributed by atoms with Gasteiger partial charge in [0.15, 0.2) is 0 Å². The summed E-state index contributed by atoms with van der Waals surface area (Å²) in [5.41, 5.74) is 0.167. The van der Waals surface area contributed by atoms with Crippen molar-refractivity contribution in [2.45, 2.75) is 44.1 Å². The second kappa shape index (κ2) is 9.92. The summed E-state index contributed by atoms with van der Waals surface area (Å²) in [6.07, 6.45) is 6.63. The van der Waals surface area contributed by atoms with Gasteiger partial charge in [-0.05, 0) is 30.5 Å². The van der Waals surface area contributed by atoms with Crippen LogP contribution in [0.15, 0.2) is 65.8 Å². The maximum Gasteiger partial charge on any atom is 0.137 e. The van der Waals surface area contributed by atoms with Gasteiger partial charge in [0.1, 0.15) is 29.9 Å². The van der Waals surface area contributed by atoms with Gasteiger partial charge in [0.25, 0.3) is 0 Å². The molecule has 0 bridgehead atoms. The fraction of sp³-hybridized carbons (Fsp3) is 0.333. The van der Waals surface area contributed by atoms with Crippen molar-refractivity contribution in [3.05, 3.63) is 94.2 Å². The summed E-state index contributed by atoms with van der Waals surface area (Å²) >= 11 is 3.55. The van der Waals surface area contributed by atoms with E-state index in [0.29, 0.717) is 13.1 Å². The Hall–Kier alpha value is -3.02. The first-order valence-corrected chi connectivity index (χ1v) is 12.1. The fourth-order valence-electron chi connectivity index (χ4n) is 4.26. The van der Waals surface area contributed by atoms with E-state index in [9.17, 15) is 13.9 Å². The molecule has 1 atom stereocenters. The molecule has 0 amide bonds. The first-order chi connectivity index (χ1) is 16.9. The summed E-state index contributed by atoms with van der Waals surface area (Å²) in [6, 6.07) is 11.4. The van der Waals surface area contributed by atoms with Crippen molar-refractivity contribution in [2.75, 3.05) is 6.54 Å². The number of rotatable bonds is 10. The standard InChI is InChI=1S/C24H24BrF2N7O/c25-22-4-2-1-3-17(22)10-33-12-19(30-31-33)11-32(20-6-7-20)13-24(35,14-34-16-28-15-29-34)21-8-5-18(26)9-23(21)27/h1-5,8-9,12,15-16,20,35H,6-7,10-11,13-14H2. The maximum absolute atomic E-state index is 14.8. The molecule has 1 unspecified atom stereocenters. The number of nitrogens with zero attached hydrogens (tertiary/aromatic N) is 7. The quantitative estimate of drug-likeness (QED) is 0.329. The molecule has 11 heteroatoms. The molecule has 2 aromatic carbocycles. The van der Waals surface area contributed by atoms with Crippen LogP contribution in [0, 0.1) is 11.6 Å². The predicted molar refractivity (Wildman–Crippen MR) is 127 cm³/mol. The molecule has 5 rings (SSSR count). The molecule has 0 spiro atoms. The number of halogens is 3. The SMILES string of the molecule is OC(CN(Cc1cn(Cc2ccccc2Br)nn1)C1CC1)(Cn1cncn1)c1ccc(F)cc1F. The average Bonchev–Trinajstić information content (AvgIpc) is 3.38. The van der Waals surface area contributed by atoms with Crippen LogP contribution in [0.2, 0.25) is 0 Å². The fourth-order valence-corrected chi connectivity index (χ4v) is 4.67. The highest BCUT2D eigenvalue weighted by atomic mass is 79.9. The zero-order valence-corrected chi connectivity index (χ0v) is 20.4. The average molecular weight is 544 g/mol. The summed E-state index contributed by atoms with van der Waals surface area (Å²) in [5.74, 6) is -1.50. The molecule has 2 aromatic heterocycles. The number of hydrogen-bond donors (Lipinski definition) is 1. The van der Waals surface area contributed by atoms with Crippen molar-refractivity contribution in [1.82, 2.24) is 34.7 Å². The number of benzene rings is 2. The van der Waals surface area contributed by atoms with Crippen LogP contribution in [0.3, 0.4) is 0 Å². The van der Waals surface area contributed by atoms with Crippen molar-refractivity contribution in [1.29, 1.82) is 0 Å². The summed E-state index contributed by atoms with van der Waals surface area (Å²) in [6.45, 7) is 1.07. The van der Waals surface area contributed by atoms with Crippen LogP contribution in [0.25, 0.3) is 0 Å². The normalized spacial score (nSPS) is 15.5. The molecule has 0 saturated heterocycles. The predicted octanol–water partition coefficient (Wildman–Crippen LogP) is 3.51. The molecule has 0 radical (unpaired) electrons. The number of hydrogen-bond acceptors (Lipinski definition) is 6. The Bertz CT molecular complexity index is 1290. The van der Waals surface area contributed by atoms with Gasteiger partial charge in [0.2, 0.25) is 0 Å². The van der Waals surface area contributed by atoms with Crippen molar-refractivity contribution in [3.8, 4) is 0 Å². The minimum absolute atomic E-state index is 0.0117.